The molecule has 32 heavy (non-hydrogen) atoms. The standard InChI is InChI=1S/C24H28N2O6/c1-2-26(15-23(28)29)22(27)11-13-31-14-12-25-24(30)32-16-21-19-9-5-3-7-17(19)18-8-4-6-10-20(18)21/h3-10,21H,2,11-16H2,1H3,(H,25,30)(H,28,29). The molecule has 0 spiro atoms. The molecule has 0 aromatic heterocycles. The maximum atomic E-state index is 12.1. The number of hydrogen-bond acceptors (Lipinski definition) is 5. The summed E-state index contributed by atoms with van der Waals surface area (Å²) in [7, 11) is 0. The minimum absolute atomic E-state index is 0.00252. The maximum absolute atomic E-state index is 12.1. The Kier molecular flexibility index (Phi) is 8.21. The average Bonchev–Trinajstić information content (AvgIpc) is 3.11. The van der Waals surface area contributed by atoms with Crippen molar-refractivity contribution in [2.45, 2.75) is 19.3 Å². The van der Waals surface area contributed by atoms with E-state index in [1.54, 1.807) is 6.92 Å². The molecule has 2 N–H and O–H groups in total. The van der Waals surface area contributed by atoms with Crippen molar-refractivity contribution in [1.82, 2.24) is 10.2 Å². The van der Waals surface area contributed by atoms with Crippen LogP contribution in [0.5, 0.6) is 0 Å². The molecule has 1 aliphatic rings. The molecule has 2 aromatic rings. The summed E-state index contributed by atoms with van der Waals surface area (Å²) >= 11 is 0. The predicted molar refractivity (Wildman–Crippen MR) is 118 cm³/mol. The van der Waals surface area contributed by atoms with Crippen molar-refractivity contribution in [1.29, 1.82) is 0 Å². The molecule has 0 saturated heterocycles. The second kappa shape index (κ2) is 11.3. The number of benzene rings is 2. The van der Waals surface area contributed by atoms with Gasteiger partial charge in [0.2, 0.25) is 5.91 Å². The Balaban J connectivity index is 1.36. The van der Waals surface area contributed by atoms with Gasteiger partial charge in [0.05, 0.1) is 19.6 Å². The van der Waals surface area contributed by atoms with Crippen LogP contribution in [0.2, 0.25) is 0 Å². The molecule has 2 amide bonds. The Hall–Kier alpha value is -3.39. The monoisotopic (exact) mass is 440 g/mol. The number of ether oxygens (including phenoxy) is 2. The number of carbonyl (C=O) groups is 3. The summed E-state index contributed by atoms with van der Waals surface area (Å²) in [5.74, 6) is -1.32. The zero-order valence-corrected chi connectivity index (χ0v) is 18.1. The number of aliphatic carboxylic acids is 1. The van der Waals surface area contributed by atoms with Gasteiger partial charge in [-0.3, -0.25) is 9.59 Å². The molecule has 0 radical (unpaired) electrons. The first-order valence-electron chi connectivity index (χ1n) is 10.7. The Morgan fingerprint density at radius 2 is 1.62 bits per heavy atom. The van der Waals surface area contributed by atoms with Crippen molar-refractivity contribution in [3.63, 3.8) is 0 Å². The number of carboxylic acid groups (broad SMARTS) is 1. The molecule has 8 nitrogen and oxygen atoms in total. The highest BCUT2D eigenvalue weighted by atomic mass is 16.5. The summed E-state index contributed by atoms with van der Waals surface area (Å²) in [6.45, 7) is 2.60. The van der Waals surface area contributed by atoms with Crippen molar-refractivity contribution in [2.24, 2.45) is 0 Å². The van der Waals surface area contributed by atoms with Crippen LogP contribution in [-0.4, -0.2) is 67.4 Å². The van der Waals surface area contributed by atoms with Gasteiger partial charge in [0, 0.05) is 19.0 Å². The molecule has 170 valence electrons. The number of likely N-dealkylation sites (N-methyl/N-ethyl adjacent to an activating group) is 1. The van der Waals surface area contributed by atoms with E-state index >= 15 is 0 Å². The first-order chi connectivity index (χ1) is 15.5. The van der Waals surface area contributed by atoms with Crippen LogP contribution in [-0.2, 0) is 19.1 Å². The van der Waals surface area contributed by atoms with E-state index in [4.69, 9.17) is 14.6 Å². The molecular formula is C24H28N2O6. The van der Waals surface area contributed by atoms with Gasteiger partial charge >= 0.3 is 12.1 Å². The number of carboxylic acids is 1. The van der Waals surface area contributed by atoms with Gasteiger partial charge < -0.3 is 24.8 Å². The third kappa shape index (κ3) is 5.85. The number of nitrogens with zero attached hydrogens (tertiary/aromatic N) is 1. The van der Waals surface area contributed by atoms with Gasteiger partial charge in [0.15, 0.2) is 0 Å². The minimum Gasteiger partial charge on any atom is -0.480 e. The summed E-state index contributed by atoms with van der Waals surface area (Å²) in [5.41, 5.74) is 4.65. The number of nitrogens with one attached hydrogen (secondary N) is 1. The van der Waals surface area contributed by atoms with E-state index in [2.05, 4.69) is 29.6 Å². The lowest BCUT2D eigenvalue weighted by Crippen LogP contribution is -2.36. The first-order valence-corrected chi connectivity index (χ1v) is 10.7. The van der Waals surface area contributed by atoms with E-state index in [9.17, 15) is 14.4 Å². The topological polar surface area (TPSA) is 105 Å². The third-order valence-corrected chi connectivity index (χ3v) is 5.38. The van der Waals surface area contributed by atoms with Crippen LogP contribution >= 0.6 is 0 Å². The fourth-order valence-corrected chi connectivity index (χ4v) is 3.83. The molecule has 0 atom stereocenters. The van der Waals surface area contributed by atoms with Gasteiger partial charge in [0.25, 0.3) is 0 Å². The van der Waals surface area contributed by atoms with Crippen LogP contribution in [0.1, 0.15) is 30.4 Å². The number of carbonyl (C=O) groups excluding carboxylic acids is 2. The quantitative estimate of drug-likeness (QED) is 0.521. The third-order valence-electron chi connectivity index (χ3n) is 5.38. The highest BCUT2D eigenvalue weighted by Gasteiger charge is 2.28. The predicted octanol–water partition coefficient (Wildman–Crippen LogP) is 2.86. The summed E-state index contributed by atoms with van der Waals surface area (Å²) in [6, 6.07) is 16.3. The normalized spacial score (nSPS) is 12.0. The van der Waals surface area contributed by atoms with Gasteiger partial charge in [-0.15, -0.1) is 0 Å². The molecule has 3 rings (SSSR count). The largest absolute Gasteiger partial charge is 0.480 e. The smallest absolute Gasteiger partial charge is 0.407 e. The number of amides is 2. The van der Waals surface area contributed by atoms with Gasteiger partial charge in [-0.05, 0) is 29.2 Å². The van der Waals surface area contributed by atoms with Crippen LogP contribution in [0.4, 0.5) is 4.79 Å². The van der Waals surface area contributed by atoms with Crippen molar-refractivity contribution in [3.05, 3.63) is 59.7 Å². The van der Waals surface area contributed by atoms with Crippen LogP contribution in [0.3, 0.4) is 0 Å². The van der Waals surface area contributed by atoms with Gasteiger partial charge in [-0.2, -0.15) is 0 Å². The molecule has 1 aliphatic carbocycles. The molecular weight excluding hydrogens is 412 g/mol. The molecule has 0 fully saturated rings. The second-order valence-corrected chi connectivity index (χ2v) is 7.42. The summed E-state index contributed by atoms with van der Waals surface area (Å²) < 4.78 is 10.8. The van der Waals surface area contributed by atoms with E-state index < -0.39 is 12.1 Å². The number of rotatable bonds is 11. The van der Waals surface area contributed by atoms with Crippen LogP contribution in [0.15, 0.2) is 48.5 Å². The van der Waals surface area contributed by atoms with Gasteiger partial charge in [-0.1, -0.05) is 48.5 Å². The lowest BCUT2D eigenvalue weighted by atomic mass is 9.98. The highest BCUT2D eigenvalue weighted by molar-refractivity contribution is 5.81. The Labute approximate surface area is 187 Å². The molecule has 0 bridgehead atoms. The Bertz CT molecular complexity index is 916. The lowest BCUT2D eigenvalue weighted by Gasteiger charge is -2.18. The van der Waals surface area contributed by atoms with Crippen molar-refractivity contribution < 1.29 is 29.0 Å². The molecule has 0 saturated carbocycles. The van der Waals surface area contributed by atoms with E-state index in [-0.39, 0.29) is 51.2 Å². The SMILES string of the molecule is CCN(CC(=O)O)C(=O)CCOCCNC(=O)OCC1c2ccccc2-c2ccccc21. The Morgan fingerprint density at radius 3 is 2.22 bits per heavy atom. The average molecular weight is 440 g/mol. The zero-order valence-electron chi connectivity index (χ0n) is 18.1. The summed E-state index contributed by atoms with van der Waals surface area (Å²) in [5, 5.41) is 11.4. The van der Waals surface area contributed by atoms with E-state index in [1.807, 2.05) is 24.3 Å². The van der Waals surface area contributed by atoms with Crippen LogP contribution in [0, 0.1) is 0 Å². The molecule has 0 unspecified atom stereocenters. The van der Waals surface area contributed by atoms with Gasteiger partial charge in [0.1, 0.15) is 13.2 Å². The second-order valence-electron chi connectivity index (χ2n) is 7.42. The van der Waals surface area contributed by atoms with Crippen molar-refractivity contribution >= 4 is 18.0 Å². The summed E-state index contributed by atoms with van der Waals surface area (Å²) in [6.07, 6.45) is -0.434. The lowest BCUT2D eigenvalue weighted by molar-refractivity contribution is -0.144. The van der Waals surface area contributed by atoms with Crippen molar-refractivity contribution in [2.75, 3.05) is 39.5 Å². The van der Waals surface area contributed by atoms with E-state index in [1.165, 1.54) is 16.0 Å². The maximum Gasteiger partial charge on any atom is 0.407 e. The van der Waals surface area contributed by atoms with E-state index in [0.29, 0.717) is 6.54 Å². The molecule has 0 heterocycles. The molecule has 8 heteroatoms. The first kappa shape index (κ1) is 23.3. The van der Waals surface area contributed by atoms with Crippen LogP contribution < -0.4 is 5.32 Å². The molecule has 0 aliphatic heterocycles. The zero-order chi connectivity index (χ0) is 22.9. The number of alkyl carbamates (subject to hydrolysis) is 1. The fraction of sp³-hybridized carbons (Fsp3) is 0.375. The van der Waals surface area contributed by atoms with Gasteiger partial charge in [-0.25, -0.2) is 4.79 Å². The Morgan fingerprint density at radius 1 is 1.00 bits per heavy atom. The number of fused-ring (bicyclic) bond motifs is 3. The molecule has 2 aromatic carbocycles. The highest BCUT2D eigenvalue weighted by Crippen LogP contribution is 2.44. The summed E-state index contributed by atoms with van der Waals surface area (Å²) in [4.78, 5) is 36.0. The fourth-order valence-electron chi connectivity index (χ4n) is 3.83. The van der Waals surface area contributed by atoms with Crippen LogP contribution in [0.25, 0.3) is 11.1 Å². The van der Waals surface area contributed by atoms with Crippen molar-refractivity contribution in [3.8, 4) is 11.1 Å². The van der Waals surface area contributed by atoms with E-state index in [0.717, 1.165) is 11.1 Å². The minimum atomic E-state index is -1.05. The number of hydrogen-bond donors (Lipinski definition) is 2.